The molecule has 9 heteroatoms. The first-order valence-corrected chi connectivity index (χ1v) is 8.50. The minimum Gasteiger partial charge on any atom is -0.401 e. The van der Waals surface area contributed by atoms with Crippen LogP contribution in [0, 0.1) is 10.1 Å². The number of nitro groups is 1. The molecule has 1 aliphatic heterocycles. The van der Waals surface area contributed by atoms with Crippen LogP contribution in [0.4, 0.5) is 11.6 Å². The monoisotopic (exact) mass is 392 g/mol. The number of carbonyl (C=O) groups excluding carboxylic acids is 1. The van der Waals surface area contributed by atoms with Crippen molar-refractivity contribution < 1.29 is 14.1 Å². The molecule has 1 aliphatic rings. The third-order valence-corrected chi connectivity index (χ3v) is 4.75. The molecule has 0 aliphatic carbocycles. The molecule has 0 saturated carbocycles. The highest BCUT2D eigenvalue weighted by Gasteiger charge is 2.32. The number of furan rings is 1. The first-order chi connectivity index (χ1) is 12.0. The zero-order chi connectivity index (χ0) is 18.0. The number of benzene rings is 1. The van der Waals surface area contributed by atoms with Gasteiger partial charge >= 0.3 is 5.88 Å². The highest BCUT2D eigenvalue weighted by atomic mass is 35.5. The number of thiocarbonyl (C=S) groups is 1. The first-order valence-electron chi connectivity index (χ1n) is 6.90. The van der Waals surface area contributed by atoms with Gasteiger partial charge in [-0.1, -0.05) is 41.7 Å². The molecule has 1 fully saturated rings. The summed E-state index contributed by atoms with van der Waals surface area (Å²) in [6.07, 6.45) is 4.70. The van der Waals surface area contributed by atoms with Crippen LogP contribution in [0.2, 0.25) is 5.02 Å². The van der Waals surface area contributed by atoms with Gasteiger partial charge in [-0.25, -0.2) is 0 Å². The number of carbonyl (C=O) groups is 1. The SMILES string of the molecule is O=C1/C(=C\C=C\c2ccc([N+](=O)[O-])o2)SC(=S)N1c1ccc(Cl)cc1. The zero-order valence-electron chi connectivity index (χ0n) is 12.4. The second-order valence-electron chi connectivity index (χ2n) is 4.81. The number of nitrogens with zero attached hydrogens (tertiary/aromatic N) is 2. The summed E-state index contributed by atoms with van der Waals surface area (Å²) in [7, 11) is 0. The van der Waals surface area contributed by atoms with Gasteiger partial charge in [0.1, 0.15) is 10.7 Å². The van der Waals surface area contributed by atoms with Crippen LogP contribution in [-0.4, -0.2) is 15.2 Å². The Labute approximate surface area is 156 Å². The molecule has 2 heterocycles. The molecular formula is C16H9ClN2O4S2. The van der Waals surface area contributed by atoms with E-state index < -0.39 is 4.92 Å². The van der Waals surface area contributed by atoms with E-state index in [9.17, 15) is 14.9 Å². The highest BCUT2D eigenvalue weighted by Crippen LogP contribution is 2.35. The fourth-order valence-corrected chi connectivity index (χ4v) is 3.43. The standard InChI is InChI=1S/C16H9ClN2O4S2/c17-10-4-6-11(7-5-10)18-15(20)13(25-16(18)24)3-1-2-12-8-9-14(23-12)19(21)22/h1-9H/b2-1+,13-3+. The fraction of sp³-hybridized carbons (Fsp3) is 0. The molecule has 0 radical (unpaired) electrons. The lowest BCUT2D eigenvalue weighted by atomic mass is 10.3. The predicted molar refractivity (Wildman–Crippen MR) is 102 cm³/mol. The van der Waals surface area contributed by atoms with Gasteiger partial charge in [0.25, 0.3) is 5.91 Å². The van der Waals surface area contributed by atoms with E-state index in [0.717, 1.165) is 0 Å². The van der Waals surface area contributed by atoms with Crippen LogP contribution in [-0.2, 0) is 4.79 Å². The maximum absolute atomic E-state index is 12.5. The van der Waals surface area contributed by atoms with Crippen LogP contribution in [0.3, 0.4) is 0 Å². The summed E-state index contributed by atoms with van der Waals surface area (Å²) in [6.45, 7) is 0. The summed E-state index contributed by atoms with van der Waals surface area (Å²) in [6, 6.07) is 9.54. The Morgan fingerprint density at radius 2 is 1.96 bits per heavy atom. The van der Waals surface area contributed by atoms with Gasteiger partial charge in [0.05, 0.1) is 16.7 Å². The quantitative estimate of drug-likeness (QED) is 0.322. The van der Waals surface area contributed by atoms with Gasteiger partial charge in [-0.2, -0.15) is 0 Å². The Morgan fingerprint density at radius 1 is 1.24 bits per heavy atom. The van der Waals surface area contributed by atoms with Crippen molar-refractivity contribution in [2.75, 3.05) is 4.90 Å². The Kier molecular flexibility index (Phi) is 5.03. The number of hydrogen-bond donors (Lipinski definition) is 0. The molecule has 1 aromatic heterocycles. The number of anilines is 1. The maximum Gasteiger partial charge on any atom is 0.433 e. The number of allylic oxidation sites excluding steroid dienone is 2. The lowest BCUT2D eigenvalue weighted by Gasteiger charge is -2.14. The van der Waals surface area contributed by atoms with Crippen molar-refractivity contribution in [2.24, 2.45) is 0 Å². The molecule has 126 valence electrons. The van der Waals surface area contributed by atoms with Crippen LogP contribution in [0.5, 0.6) is 0 Å². The van der Waals surface area contributed by atoms with Crippen molar-refractivity contribution in [2.45, 2.75) is 0 Å². The van der Waals surface area contributed by atoms with E-state index in [0.29, 0.717) is 25.7 Å². The van der Waals surface area contributed by atoms with Gasteiger partial charge in [-0.15, -0.1) is 0 Å². The number of rotatable bonds is 4. The van der Waals surface area contributed by atoms with Crippen molar-refractivity contribution in [1.29, 1.82) is 0 Å². The summed E-state index contributed by atoms with van der Waals surface area (Å²) >= 11 is 12.3. The van der Waals surface area contributed by atoms with Crippen LogP contribution in [0.1, 0.15) is 5.76 Å². The van der Waals surface area contributed by atoms with E-state index in [1.165, 1.54) is 34.9 Å². The van der Waals surface area contributed by atoms with Crippen molar-refractivity contribution in [3.8, 4) is 0 Å². The summed E-state index contributed by atoms with van der Waals surface area (Å²) in [4.78, 5) is 24.3. The van der Waals surface area contributed by atoms with Crippen molar-refractivity contribution in [3.63, 3.8) is 0 Å². The molecule has 6 nitrogen and oxygen atoms in total. The molecule has 2 aromatic rings. The summed E-state index contributed by atoms with van der Waals surface area (Å²) < 4.78 is 5.42. The number of amides is 1. The first kappa shape index (κ1) is 17.4. The molecule has 0 unspecified atom stereocenters. The molecule has 1 saturated heterocycles. The van der Waals surface area contributed by atoms with Gasteiger partial charge in [0.2, 0.25) is 0 Å². The maximum atomic E-state index is 12.5. The van der Waals surface area contributed by atoms with E-state index in [-0.39, 0.29) is 11.8 Å². The van der Waals surface area contributed by atoms with Crippen LogP contribution in [0.15, 0.2) is 57.9 Å². The molecule has 0 bridgehead atoms. The lowest BCUT2D eigenvalue weighted by Crippen LogP contribution is -2.27. The second kappa shape index (κ2) is 7.22. The second-order valence-corrected chi connectivity index (χ2v) is 6.92. The molecule has 1 aromatic carbocycles. The Bertz CT molecular complexity index is 918. The average molecular weight is 393 g/mol. The fourth-order valence-electron chi connectivity index (χ4n) is 2.05. The molecule has 25 heavy (non-hydrogen) atoms. The third kappa shape index (κ3) is 3.81. The summed E-state index contributed by atoms with van der Waals surface area (Å²) in [5, 5.41) is 11.1. The minimum absolute atomic E-state index is 0.243. The van der Waals surface area contributed by atoms with Crippen molar-refractivity contribution in [3.05, 3.63) is 74.4 Å². The minimum atomic E-state index is -0.616. The highest BCUT2D eigenvalue weighted by molar-refractivity contribution is 8.27. The van der Waals surface area contributed by atoms with Gasteiger partial charge in [0.15, 0.2) is 4.32 Å². The predicted octanol–water partition coefficient (Wildman–Crippen LogP) is 4.80. The molecular weight excluding hydrogens is 384 g/mol. The van der Waals surface area contributed by atoms with E-state index in [1.54, 1.807) is 36.4 Å². The molecule has 3 rings (SSSR count). The Balaban J connectivity index is 1.76. The lowest BCUT2D eigenvalue weighted by molar-refractivity contribution is -0.402. The number of thioether (sulfide) groups is 1. The van der Waals surface area contributed by atoms with Gasteiger partial charge in [-0.3, -0.25) is 19.8 Å². The summed E-state index contributed by atoms with van der Waals surface area (Å²) in [5.41, 5.74) is 0.640. The van der Waals surface area contributed by atoms with Gasteiger partial charge < -0.3 is 4.42 Å². The molecule has 0 atom stereocenters. The topological polar surface area (TPSA) is 76.6 Å². The Hall–Kier alpha value is -2.42. The smallest absolute Gasteiger partial charge is 0.401 e. The van der Waals surface area contributed by atoms with Crippen LogP contribution >= 0.6 is 35.6 Å². The number of halogens is 1. The van der Waals surface area contributed by atoms with E-state index >= 15 is 0 Å². The van der Waals surface area contributed by atoms with Crippen LogP contribution < -0.4 is 4.90 Å². The van der Waals surface area contributed by atoms with Crippen molar-refractivity contribution in [1.82, 2.24) is 0 Å². The van der Waals surface area contributed by atoms with Gasteiger partial charge in [-0.05, 0) is 42.5 Å². The van der Waals surface area contributed by atoms with Crippen molar-refractivity contribution >= 4 is 63.5 Å². The zero-order valence-corrected chi connectivity index (χ0v) is 14.8. The molecule has 1 amide bonds. The number of hydrogen-bond acceptors (Lipinski definition) is 6. The summed E-state index contributed by atoms with van der Waals surface area (Å²) in [5.74, 6) is -0.266. The third-order valence-electron chi connectivity index (χ3n) is 3.18. The van der Waals surface area contributed by atoms with E-state index in [1.807, 2.05) is 0 Å². The average Bonchev–Trinajstić information content (AvgIpc) is 3.14. The molecule has 0 N–H and O–H groups in total. The Morgan fingerprint density at radius 3 is 2.60 bits per heavy atom. The normalized spacial score (nSPS) is 16.4. The molecule has 0 spiro atoms. The van der Waals surface area contributed by atoms with E-state index in [2.05, 4.69) is 0 Å². The largest absolute Gasteiger partial charge is 0.433 e. The van der Waals surface area contributed by atoms with Gasteiger partial charge in [0, 0.05) is 5.02 Å². The van der Waals surface area contributed by atoms with E-state index in [4.69, 9.17) is 28.2 Å². The van der Waals surface area contributed by atoms with Crippen LogP contribution in [0.25, 0.3) is 6.08 Å².